The molecule has 1 rings (SSSR count). The molecule has 0 aliphatic carbocycles. The second-order valence-corrected chi connectivity index (χ2v) is 3.71. The molecule has 0 heterocycles. The van der Waals surface area contributed by atoms with Crippen LogP contribution in [0.4, 0.5) is 0 Å². The van der Waals surface area contributed by atoms with Crippen LogP contribution in [0, 0.1) is 18.3 Å². The number of halogens is 1. The molecule has 0 aromatic heterocycles. The lowest BCUT2D eigenvalue weighted by molar-refractivity contribution is 0.726. The Kier molecular flexibility index (Phi) is 3.47. The molecule has 1 N–H and O–H groups in total. The smallest absolute Gasteiger partial charge is 0.121 e. The lowest BCUT2D eigenvalue weighted by Crippen LogP contribution is -2.13. The van der Waals surface area contributed by atoms with E-state index in [0.29, 0.717) is 0 Å². The topological polar surface area (TPSA) is 35.8 Å². The third-order valence-corrected chi connectivity index (χ3v) is 2.80. The van der Waals surface area contributed by atoms with Crippen LogP contribution in [-0.4, -0.2) is 7.05 Å². The maximum absolute atomic E-state index is 8.81. The lowest BCUT2D eigenvalue weighted by Gasteiger charge is -2.08. The Morgan fingerprint density at radius 1 is 1.54 bits per heavy atom. The summed E-state index contributed by atoms with van der Waals surface area (Å²) in [5.41, 5.74) is 2.17. The Bertz CT molecular complexity index is 341. The van der Waals surface area contributed by atoms with Gasteiger partial charge in [0.05, 0.1) is 6.07 Å². The third-order valence-electron chi connectivity index (χ3n) is 1.95. The molecule has 0 fully saturated rings. The van der Waals surface area contributed by atoms with E-state index in [4.69, 9.17) is 5.26 Å². The number of nitrogens with zero attached hydrogens (tertiary/aromatic N) is 1. The summed E-state index contributed by atoms with van der Waals surface area (Å²) in [6.45, 7) is 2.02. The van der Waals surface area contributed by atoms with Crippen LogP contribution in [0.3, 0.4) is 0 Å². The van der Waals surface area contributed by atoms with Crippen LogP contribution < -0.4 is 5.32 Å². The number of benzene rings is 1. The van der Waals surface area contributed by atoms with E-state index in [1.165, 1.54) is 5.56 Å². The van der Waals surface area contributed by atoms with Crippen LogP contribution in [0.5, 0.6) is 0 Å². The van der Waals surface area contributed by atoms with E-state index in [9.17, 15) is 0 Å². The molecule has 0 radical (unpaired) electrons. The van der Waals surface area contributed by atoms with E-state index in [1.807, 2.05) is 25.1 Å². The Morgan fingerprint density at radius 3 is 2.69 bits per heavy atom. The summed E-state index contributed by atoms with van der Waals surface area (Å²) < 4.78 is 1.04. The highest BCUT2D eigenvalue weighted by Crippen LogP contribution is 2.21. The van der Waals surface area contributed by atoms with Crippen LogP contribution in [0.2, 0.25) is 0 Å². The van der Waals surface area contributed by atoms with E-state index in [0.717, 1.165) is 10.0 Å². The maximum atomic E-state index is 8.81. The quantitative estimate of drug-likeness (QED) is 0.860. The molecule has 0 spiro atoms. The fourth-order valence-electron chi connectivity index (χ4n) is 1.09. The van der Waals surface area contributed by atoms with Crippen LogP contribution >= 0.6 is 15.9 Å². The second kappa shape index (κ2) is 4.40. The minimum absolute atomic E-state index is 0.225. The van der Waals surface area contributed by atoms with Crippen molar-refractivity contribution in [2.24, 2.45) is 0 Å². The van der Waals surface area contributed by atoms with Crippen molar-refractivity contribution >= 4 is 15.9 Å². The fourth-order valence-corrected chi connectivity index (χ4v) is 1.49. The van der Waals surface area contributed by atoms with Crippen molar-refractivity contribution < 1.29 is 0 Å². The zero-order valence-electron chi connectivity index (χ0n) is 7.63. The summed E-state index contributed by atoms with van der Waals surface area (Å²) in [5, 5.41) is 11.7. The van der Waals surface area contributed by atoms with E-state index in [1.54, 1.807) is 7.05 Å². The predicted molar refractivity (Wildman–Crippen MR) is 56.3 cm³/mol. The number of aryl methyl sites for hydroxylation is 1. The molecule has 68 valence electrons. The van der Waals surface area contributed by atoms with Gasteiger partial charge < -0.3 is 5.32 Å². The summed E-state index contributed by atoms with van der Waals surface area (Å²) in [4.78, 5) is 0. The molecule has 0 amide bonds. The largest absolute Gasteiger partial charge is 0.301 e. The first-order valence-corrected chi connectivity index (χ1v) is 4.81. The van der Waals surface area contributed by atoms with Crippen molar-refractivity contribution in [1.29, 1.82) is 5.26 Å². The van der Waals surface area contributed by atoms with Gasteiger partial charge in [0.15, 0.2) is 0 Å². The maximum Gasteiger partial charge on any atom is 0.121 e. The van der Waals surface area contributed by atoms with E-state index in [-0.39, 0.29) is 6.04 Å². The predicted octanol–water partition coefficient (Wildman–Crippen LogP) is 2.54. The fraction of sp³-hybridized carbons (Fsp3) is 0.300. The first-order valence-electron chi connectivity index (χ1n) is 4.02. The second-order valence-electron chi connectivity index (χ2n) is 2.86. The highest BCUT2D eigenvalue weighted by Gasteiger charge is 2.07. The van der Waals surface area contributed by atoms with Crippen molar-refractivity contribution in [2.45, 2.75) is 13.0 Å². The average molecular weight is 239 g/mol. The molecule has 1 atom stereocenters. The molecule has 0 saturated heterocycles. The Balaban J connectivity index is 3.04. The van der Waals surface area contributed by atoms with Gasteiger partial charge in [-0.15, -0.1) is 0 Å². The van der Waals surface area contributed by atoms with E-state index < -0.39 is 0 Å². The summed E-state index contributed by atoms with van der Waals surface area (Å²) in [6, 6.07) is 7.89. The highest BCUT2D eigenvalue weighted by molar-refractivity contribution is 9.10. The van der Waals surface area contributed by atoms with Gasteiger partial charge in [0.2, 0.25) is 0 Å². The molecule has 2 nitrogen and oxygen atoms in total. The number of hydrogen-bond acceptors (Lipinski definition) is 2. The monoisotopic (exact) mass is 238 g/mol. The molecule has 0 bridgehead atoms. The molecule has 13 heavy (non-hydrogen) atoms. The van der Waals surface area contributed by atoms with Crippen molar-refractivity contribution in [3.05, 3.63) is 33.8 Å². The van der Waals surface area contributed by atoms with Gasteiger partial charge in [-0.1, -0.05) is 28.1 Å². The molecule has 0 aliphatic heterocycles. The van der Waals surface area contributed by atoms with E-state index in [2.05, 4.69) is 27.3 Å². The first-order chi connectivity index (χ1) is 6.19. The van der Waals surface area contributed by atoms with Gasteiger partial charge in [-0.2, -0.15) is 5.26 Å². The summed E-state index contributed by atoms with van der Waals surface area (Å²) in [7, 11) is 1.78. The number of nitriles is 1. The summed E-state index contributed by atoms with van der Waals surface area (Å²) in [6.07, 6.45) is 0. The number of rotatable bonds is 2. The van der Waals surface area contributed by atoms with E-state index >= 15 is 0 Å². The number of hydrogen-bond donors (Lipinski definition) is 1. The Morgan fingerprint density at radius 2 is 2.23 bits per heavy atom. The standard InChI is InChI=1S/C10H11BrN2/c1-7-3-4-8(5-9(7)11)10(6-12)13-2/h3-5,10,13H,1-2H3. The van der Waals surface area contributed by atoms with Gasteiger partial charge in [0.25, 0.3) is 0 Å². The average Bonchev–Trinajstić information content (AvgIpc) is 2.13. The lowest BCUT2D eigenvalue weighted by atomic mass is 10.1. The van der Waals surface area contributed by atoms with Gasteiger partial charge in [-0.3, -0.25) is 0 Å². The molecular formula is C10H11BrN2. The highest BCUT2D eigenvalue weighted by atomic mass is 79.9. The van der Waals surface area contributed by atoms with Crippen LogP contribution in [0.1, 0.15) is 17.2 Å². The van der Waals surface area contributed by atoms with Crippen LogP contribution in [0.15, 0.2) is 22.7 Å². The summed E-state index contributed by atoms with van der Waals surface area (Å²) in [5.74, 6) is 0. The molecular weight excluding hydrogens is 228 g/mol. The van der Waals surface area contributed by atoms with Crippen molar-refractivity contribution in [3.8, 4) is 6.07 Å². The van der Waals surface area contributed by atoms with Crippen molar-refractivity contribution in [2.75, 3.05) is 7.05 Å². The Hall–Kier alpha value is -0.850. The molecule has 1 unspecified atom stereocenters. The molecule has 0 saturated carbocycles. The minimum atomic E-state index is -0.225. The van der Waals surface area contributed by atoms with Crippen molar-refractivity contribution in [1.82, 2.24) is 5.32 Å². The zero-order chi connectivity index (χ0) is 9.84. The Labute approximate surface area is 86.7 Å². The zero-order valence-corrected chi connectivity index (χ0v) is 9.22. The van der Waals surface area contributed by atoms with Gasteiger partial charge in [0, 0.05) is 4.47 Å². The first kappa shape index (κ1) is 10.2. The van der Waals surface area contributed by atoms with Crippen LogP contribution in [-0.2, 0) is 0 Å². The normalized spacial score (nSPS) is 12.2. The molecule has 3 heteroatoms. The molecule has 0 aliphatic rings. The number of nitrogens with one attached hydrogen (secondary N) is 1. The third kappa shape index (κ3) is 2.30. The van der Waals surface area contributed by atoms with Gasteiger partial charge in [-0.25, -0.2) is 0 Å². The van der Waals surface area contributed by atoms with Crippen molar-refractivity contribution in [3.63, 3.8) is 0 Å². The minimum Gasteiger partial charge on any atom is -0.301 e. The SMILES string of the molecule is CNC(C#N)c1ccc(C)c(Br)c1. The van der Waals surface area contributed by atoms with Gasteiger partial charge in [0.1, 0.15) is 6.04 Å². The van der Waals surface area contributed by atoms with Crippen LogP contribution in [0.25, 0.3) is 0 Å². The van der Waals surface area contributed by atoms with Gasteiger partial charge >= 0.3 is 0 Å². The molecule has 1 aromatic rings. The van der Waals surface area contributed by atoms with Gasteiger partial charge in [-0.05, 0) is 31.2 Å². The summed E-state index contributed by atoms with van der Waals surface area (Å²) >= 11 is 3.44. The molecule has 1 aromatic carbocycles.